The number of hydrogen-bond donors (Lipinski definition) is 0. The maximum Gasteiger partial charge on any atom is 0.164 e. The van der Waals surface area contributed by atoms with E-state index in [1.807, 2.05) is 0 Å². The summed E-state index contributed by atoms with van der Waals surface area (Å²) in [6.07, 6.45) is 2.03. The van der Waals surface area contributed by atoms with Gasteiger partial charge in [-0.2, -0.15) is 0 Å². The van der Waals surface area contributed by atoms with Crippen LogP contribution in [0, 0.1) is 5.41 Å². The molecule has 3 heteroatoms. The topological polar surface area (TPSA) is 27.7 Å². The van der Waals surface area contributed by atoms with Crippen molar-refractivity contribution in [2.75, 3.05) is 0 Å². The Labute approximate surface area is 78.3 Å². The molecule has 0 aliphatic carbocycles. The van der Waals surface area contributed by atoms with Gasteiger partial charge in [-0.25, -0.2) is 0 Å². The van der Waals surface area contributed by atoms with E-state index in [9.17, 15) is 0 Å². The Hall–Kier alpha value is -0.120. The van der Waals surface area contributed by atoms with E-state index in [2.05, 4.69) is 20.8 Å². The molecule has 3 nitrogen and oxygen atoms in total. The van der Waals surface area contributed by atoms with Crippen LogP contribution in [0.25, 0.3) is 0 Å². The molecule has 4 fully saturated rings. The van der Waals surface area contributed by atoms with Crippen LogP contribution in [0.3, 0.4) is 0 Å². The van der Waals surface area contributed by atoms with Crippen molar-refractivity contribution in [2.24, 2.45) is 5.41 Å². The monoisotopic (exact) mass is 184 g/mol. The fourth-order valence-electron chi connectivity index (χ4n) is 2.72. The third-order valence-electron chi connectivity index (χ3n) is 4.14. The van der Waals surface area contributed by atoms with Gasteiger partial charge in [0.15, 0.2) is 12.6 Å². The Morgan fingerprint density at radius 3 is 2.46 bits per heavy atom. The van der Waals surface area contributed by atoms with Crippen molar-refractivity contribution in [3.05, 3.63) is 0 Å². The third-order valence-corrected chi connectivity index (χ3v) is 4.14. The van der Waals surface area contributed by atoms with Crippen LogP contribution < -0.4 is 0 Å². The first-order chi connectivity index (χ1) is 6.01. The van der Waals surface area contributed by atoms with Crippen molar-refractivity contribution >= 4 is 0 Å². The van der Waals surface area contributed by atoms with Crippen LogP contribution in [0.15, 0.2) is 0 Å². The van der Waals surface area contributed by atoms with Crippen LogP contribution in [-0.2, 0) is 14.2 Å². The quantitative estimate of drug-likeness (QED) is 0.573. The number of hydrogen-bond acceptors (Lipinski definition) is 3. The van der Waals surface area contributed by atoms with Gasteiger partial charge in [-0.3, -0.25) is 0 Å². The Bertz CT molecular complexity index is 235. The molecule has 4 atom stereocenters. The van der Waals surface area contributed by atoms with E-state index in [4.69, 9.17) is 14.2 Å². The molecule has 13 heavy (non-hydrogen) atoms. The second-order valence-corrected chi connectivity index (χ2v) is 5.13. The molecule has 4 saturated heterocycles. The van der Waals surface area contributed by atoms with Crippen molar-refractivity contribution in [2.45, 2.75) is 57.9 Å². The summed E-state index contributed by atoms with van der Waals surface area (Å²) in [5, 5.41) is 0. The van der Waals surface area contributed by atoms with E-state index in [-0.39, 0.29) is 23.6 Å². The van der Waals surface area contributed by atoms with Crippen LogP contribution in [0.5, 0.6) is 0 Å². The van der Waals surface area contributed by atoms with Gasteiger partial charge in [0.05, 0.1) is 11.7 Å². The summed E-state index contributed by atoms with van der Waals surface area (Å²) >= 11 is 0. The highest BCUT2D eigenvalue weighted by Crippen LogP contribution is 2.55. The Kier molecular flexibility index (Phi) is 1.33. The molecule has 4 aliphatic heterocycles. The number of rotatable bonds is 0. The highest BCUT2D eigenvalue weighted by Gasteiger charge is 2.62. The molecule has 4 unspecified atom stereocenters. The molecular weight excluding hydrogens is 168 g/mol. The molecule has 4 bridgehead atoms. The molecule has 0 radical (unpaired) electrons. The van der Waals surface area contributed by atoms with E-state index < -0.39 is 0 Å². The fourth-order valence-corrected chi connectivity index (χ4v) is 2.72. The first-order valence-corrected chi connectivity index (χ1v) is 5.00. The summed E-state index contributed by atoms with van der Waals surface area (Å²) in [4.78, 5) is 0. The normalized spacial score (nSPS) is 57.0. The van der Waals surface area contributed by atoms with E-state index in [0.717, 1.165) is 12.8 Å². The first-order valence-electron chi connectivity index (χ1n) is 5.00. The lowest BCUT2D eigenvalue weighted by Crippen LogP contribution is -2.69. The van der Waals surface area contributed by atoms with Gasteiger partial charge in [0.25, 0.3) is 0 Å². The minimum absolute atomic E-state index is 0.0180. The Morgan fingerprint density at radius 1 is 1.08 bits per heavy atom. The zero-order valence-electron chi connectivity index (χ0n) is 8.37. The van der Waals surface area contributed by atoms with Gasteiger partial charge >= 0.3 is 0 Å². The van der Waals surface area contributed by atoms with Crippen molar-refractivity contribution in [1.29, 1.82) is 0 Å². The second-order valence-electron chi connectivity index (χ2n) is 5.13. The molecule has 4 heterocycles. The van der Waals surface area contributed by atoms with Gasteiger partial charge in [0.2, 0.25) is 0 Å². The maximum atomic E-state index is 5.92. The molecule has 0 saturated carbocycles. The van der Waals surface area contributed by atoms with Crippen LogP contribution in [-0.4, -0.2) is 24.3 Å². The van der Waals surface area contributed by atoms with Gasteiger partial charge in [-0.1, -0.05) is 13.8 Å². The molecule has 4 rings (SSSR count). The Morgan fingerprint density at radius 2 is 1.85 bits per heavy atom. The predicted molar refractivity (Wildman–Crippen MR) is 46.0 cm³/mol. The highest BCUT2D eigenvalue weighted by atomic mass is 16.8. The number of ether oxygens (including phenoxy) is 3. The molecule has 0 N–H and O–H groups in total. The summed E-state index contributed by atoms with van der Waals surface area (Å²) in [5.41, 5.74) is 0.0610. The van der Waals surface area contributed by atoms with Crippen molar-refractivity contribution in [3.63, 3.8) is 0 Å². The maximum absolute atomic E-state index is 5.92. The summed E-state index contributed by atoms with van der Waals surface area (Å²) in [6, 6.07) is 0. The fraction of sp³-hybridized carbons (Fsp3) is 1.00. The van der Waals surface area contributed by atoms with Crippen LogP contribution in [0.2, 0.25) is 0 Å². The van der Waals surface area contributed by atoms with E-state index in [1.165, 1.54) is 0 Å². The average Bonchev–Trinajstić information content (AvgIpc) is 1.99. The molecule has 0 spiro atoms. The molecule has 0 aromatic heterocycles. The lowest BCUT2D eigenvalue weighted by molar-refractivity contribution is -0.449. The van der Waals surface area contributed by atoms with Gasteiger partial charge in [0, 0.05) is 18.3 Å². The van der Waals surface area contributed by atoms with Gasteiger partial charge in [0.1, 0.15) is 0 Å². The zero-order chi connectivity index (χ0) is 9.27. The minimum atomic E-state index is -0.0538. The van der Waals surface area contributed by atoms with Crippen molar-refractivity contribution in [3.8, 4) is 0 Å². The summed E-state index contributed by atoms with van der Waals surface area (Å²) in [6.45, 7) is 6.65. The average molecular weight is 184 g/mol. The van der Waals surface area contributed by atoms with Gasteiger partial charge in [-0.05, 0) is 6.92 Å². The summed E-state index contributed by atoms with van der Waals surface area (Å²) in [5.74, 6) is 0. The third kappa shape index (κ3) is 0.853. The van der Waals surface area contributed by atoms with Crippen LogP contribution >= 0.6 is 0 Å². The van der Waals surface area contributed by atoms with E-state index >= 15 is 0 Å². The second kappa shape index (κ2) is 2.10. The highest BCUT2D eigenvalue weighted by molar-refractivity contribution is 5.06. The van der Waals surface area contributed by atoms with Crippen LogP contribution in [0.1, 0.15) is 33.6 Å². The smallest absolute Gasteiger partial charge is 0.164 e. The molecule has 0 aromatic carbocycles. The van der Waals surface area contributed by atoms with E-state index in [0.29, 0.717) is 6.10 Å². The van der Waals surface area contributed by atoms with Gasteiger partial charge < -0.3 is 14.2 Å². The molecular formula is C10H16O3. The predicted octanol–water partition coefficient (Wildman–Crippen LogP) is 1.66. The minimum Gasteiger partial charge on any atom is -0.348 e. The lowest BCUT2D eigenvalue weighted by atomic mass is 9.65. The largest absolute Gasteiger partial charge is 0.348 e. The SMILES string of the molecule is CC12CC3OC(CC(O3)C1(C)C)O2. The molecule has 0 amide bonds. The first kappa shape index (κ1) is 8.21. The zero-order valence-corrected chi connectivity index (χ0v) is 8.37. The van der Waals surface area contributed by atoms with Crippen molar-refractivity contribution in [1.82, 2.24) is 0 Å². The summed E-state index contributed by atoms with van der Waals surface area (Å²) in [7, 11) is 0. The van der Waals surface area contributed by atoms with Crippen LogP contribution in [0.4, 0.5) is 0 Å². The molecule has 74 valence electrons. The molecule has 0 aromatic rings. The standard InChI is InChI=1S/C10H16O3/c1-9(2)6-4-7-12-8(11-6)5-10(9,3)13-7/h6-8H,4-5H2,1-3H3. The lowest BCUT2D eigenvalue weighted by Gasteiger charge is -2.62. The molecule has 4 aliphatic rings. The van der Waals surface area contributed by atoms with Gasteiger partial charge in [-0.15, -0.1) is 0 Å². The Balaban J connectivity index is 2.03. The summed E-state index contributed by atoms with van der Waals surface area (Å²) < 4.78 is 17.3. The van der Waals surface area contributed by atoms with E-state index in [1.54, 1.807) is 0 Å². The van der Waals surface area contributed by atoms with Crippen molar-refractivity contribution < 1.29 is 14.2 Å².